The van der Waals surface area contributed by atoms with Gasteiger partial charge in [0.25, 0.3) is 5.91 Å². The van der Waals surface area contributed by atoms with Gasteiger partial charge in [0.15, 0.2) is 0 Å². The molecule has 0 atom stereocenters. The minimum absolute atomic E-state index is 0.0295. The summed E-state index contributed by atoms with van der Waals surface area (Å²) in [6, 6.07) is 2.50. The van der Waals surface area contributed by atoms with Crippen molar-refractivity contribution >= 4 is 50.5 Å². The highest BCUT2D eigenvalue weighted by molar-refractivity contribution is 7.89. The molecule has 11 heteroatoms. The summed E-state index contributed by atoms with van der Waals surface area (Å²) in [5.41, 5.74) is 0.761. The van der Waals surface area contributed by atoms with E-state index in [1.165, 1.54) is 27.8 Å². The number of benzene rings is 1. The Kier molecular flexibility index (Phi) is 6.39. The van der Waals surface area contributed by atoms with E-state index in [0.717, 1.165) is 10.7 Å². The van der Waals surface area contributed by atoms with Crippen molar-refractivity contribution in [2.24, 2.45) is 0 Å². The van der Waals surface area contributed by atoms with E-state index in [9.17, 15) is 13.2 Å². The van der Waals surface area contributed by atoms with Crippen molar-refractivity contribution in [2.75, 3.05) is 26.3 Å². The van der Waals surface area contributed by atoms with Gasteiger partial charge in [0, 0.05) is 18.5 Å². The molecule has 1 saturated heterocycles. The summed E-state index contributed by atoms with van der Waals surface area (Å²) in [5.74, 6) is -0.499. The molecule has 3 rings (SSSR count). The van der Waals surface area contributed by atoms with Gasteiger partial charge in [0.2, 0.25) is 10.0 Å². The minimum atomic E-state index is -3.86. The van der Waals surface area contributed by atoms with Gasteiger partial charge >= 0.3 is 0 Å². The van der Waals surface area contributed by atoms with Gasteiger partial charge in [-0.1, -0.05) is 23.2 Å². The lowest BCUT2D eigenvalue weighted by molar-refractivity contribution is 0.0730. The normalized spacial score (nSPS) is 15.7. The number of aromatic nitrogens is 1. The van der Waals surface area contributed by atoms with Crippen LogP contribution in [0.25, 0.3) is 0 Å². The zero-order chi connectivity index (χ0) is 19.6. The van der Waals surface area contributed by atoms with Gasteiger partial charge in [0.1, 0.15) is 4.90 Å². The number of nitrogens with zero attached hydrogens (tertiary/aromatic N) is 2. The Morgan fingerprint density at radius 1 is 1.30 bits per heavy atom. The number of nitrogens with one attached hydrogen (secondary N) is 1. The summed E-state index contributed by atoms with van der Waals surface area (Å²) in [6.07, 6.45) is 0. The summed E-state index contributed by atoms with van der Waals surface area (Å²) in [4.78, 5) is 16.6. The highest BCUT2D eigenvalue weighted by atomic mass is 35.5. The third kappa shape index (κ3) is 4.61. The van der Waals surface area contributed by atoms with E-state index in [4.69, 9.17) is 27.9 Å². The zero-order valence-corrected chi connectivity index (χ0v) is 17.5. The van der Waals surface area contributed by atoms with Crippen LogP contribution in [0.2, 0.25) is 10.0 Å². The Balaban J connectivity index is 1.85. The molecule has 1 aromatic carbocycles. The molecule has 0 aliphatic carbocycles. The van der Waals surface area contributed by atoms with Crippen molar-refractivity contribution < 1.29 is 17.9 Å². The molecule has 2 heterocycles. The number of hydrogen-bond donors (Lipinski definition) is 1. The maximum Gasteiger partial charge on any atom is 0.253 e. The number of rotatable bonds is 5. The lowest BCUT2D eigenvalue weighted by Crippen LogP contribution is -2.40. The summed E-state index contributed by atoms with van der Waals surface area (Å²) in [6.45, 7) is 3.16. The van der Waals surface area contributed by atoms with Crippen LogP contribution in [0.15, 0.2) is 22.4 Å². The molecule has 0 bridgehead atoms. The monoisotopic (exact) mass is 449 g/mol. The quantitative estimate of drug-likeness (QED) is 0.757. The Bertz CT molecular complexity index is 957. The Morgan fingerprint density at radius 2 is 2.00 bits per heavy atom. The molecular weight excluding hydrogens is 433 g/mol. The molecule has 7 nitrogen and oxygen atoms in total. The predicted molar refractivity (Wildman–Crippen MR) is 104 cm³/mol. The highest BCUT2D eigenvalue weighted by Gasteiger charge is 2.30. The second-order valence-electron chi connectivity index (χ2n) is 5.82. The summed E-state index contributed by atoms with van der Waals surface area (Å²) in [7, 11) is -3.86. The van der Waals surface area contributed by atoms with Crippen molar-refractivity contribution in [3.05, 3.63) is 43.8 Å². The molecule has 0 radical (unpaired) electrons. The van der Waals surface area contributed by atoms with E-state index in [0.29, 0.717) is 13.2 Å². The number of hydrogen-bond acceptors (Lipinski definition) is 6. The Hall–Kier alpha value is -1.23. The van der Waals surface area contributed by atoms with Crippen LogP contribution in [-0.4, -0.2) is 49.9 Å². The van der Waals surface area contributed by atoms with Gasteiger partial charge in [-0.3, -0.25) is 4.79 Å². The van der Waals surface area contributed by atoms with Gasteiger partial charge in [-0.2, -0.15) is 4.31 Å². The van der Waals surface area contributed by atoms with E-state index < -0.39 is 15.9 Å². The molecule has 2 aromatic rings. The first-order valence-corrected chi connectivity index (χ1v) is 11.1. The van der Waals surface area contributed by atoms with Gasteiger partial charge in [-0.15, -0.1) is 11.3 Å². The minimum Gasteiger partial charge on any atom is -0.379 e. The highest BCUT2D eigenvalue weighted by Crippen LogP contribution is 2.31. The Labute approximate surface area is 171 Å². The van der Waals surface area contributed by atoms with Crippen molar-refractivity contribution in [3.63, 3.8) is 0 Å². The van der Waals surface area contributed by atoms with E-state index in [1.54, 1.807) is 0 Å². The number of halogens is 2. The number of ether oxygens (including phenoxy) is 1. The van der Waals surface area contributed by atoms with E-state index in [-0.39, 0.29) is 40.1 Å². The molecule has 1 aromatic heterocycles. The van der Waals surface area contributed by atoms with Crippen LogP contribution in [0.3, 0.4) is 0 Å². The molecule has 1 amide bonds. The molecular formula is C16H17Cl2N3O4S2. The first-order valence-electron chi connectivity index (χ1n) is 8.05. The fourth-order valence-corrected chi connectivity index (χ4v) is 5.44. The van der Waals surface area contributed by atoms with E-state index in [1.807, 2.05) is 12.3 Å². The van der Waals surface area contributed by atoms with Crippen LogP contribution in [0.4, 0.5) is 0 Å². The standard InChI is InChI=1S/C16H17Cl2N3O4S2/c1-10-20-11(9-26-10)8-19-16(22)12-6-15(14(18)7-13(12)17)27(23,24)21-2-4-25-5-3-21/h6-7,9H,2-5,8H2,1H3,(H,19,22). The SMILES string of the molecule is Cc1nc(CNC(=O)c2cc(S(=O)(=O)N3CCOCC3)c(Cl)cc2Cl)cs1. The lowest BCUT2D eigenvalue weighted by Gasteiger charge is -2.26. The topological polar surface area (TPSA) is 88.6 Å². The van der Waals surface area contributed by atoms with Crippen molar-refractivity contribution in [2.45, 2.75) is 18.4 Å². The number of thiazole rings is 1. The van der Waals surface area contributed by atoms with Crippen LogP contribution < -0.4 is 5.32 Å². The first kappa shape index (κ1) is 20.5. The number of carbonyl (C=O) groups is 1. The van der Waals surface area contributed by atoms with Crippen molar-refractivity contribution in [1.29, 1.82) is 0 Å². The van der Waals surface area contributed by atoms with Crippen LogP contribution >= 0.6 is 34.5 Å². The van der Waals surface area contributed by atoms with Crippen LogP contribution in [0.1, 0.15) is 21.1 Å². The lowest BCUT2D eigenvalue weighted by atomic mass is 10.2. The smallest absolute Gasteiger partial charge is 0.253 e. The van der Waals surface area contributed by atoms with Crippen LogP contribution in [-0.2, 0) is 21.3 Å². The number of amides is 1. The second kappa shape index (κ2) is 8.42. The second-order valence-corrected chi connectivity index (χ2v) is 9.60. The summed E-state index contributed by atoms with van der Waals surface area (Å²) >= 11 is 13.7. The molecule has 1 aliphatic heterocycles. The maximum absolute atomic E-state index is 12.9. The first-order chi connectivity index (χ1) is 12.8. The average Bonchev–Trinajstić information content (AvgIpc) is 3.05. The molecule has 27 heavy (non-hydrogen) atoms. The van der Waals surface area contributed by atoms with E-state index in [2.05, 4.69) is 10.3 Å². The summed E-state index contributed by atoms with van der Waals surface area (Å²) in [5, 5.41) is 5.48. The molecule has 0 saturated carbocycles. The molecule has 1 aliphatic rings. The Morgan fingerprint density at radius 3 is 2.63 bits per heavy atom. The number of carbonyl (C=O) groups excluding carboxylic acids is 1. The van der Waals surface area contributed by atoms with Gasteiger partial charge in [-0.25, -0.2) is 13.4 Å². The van der Waals surface area contributed by atoms with Crippen molar-refractivity contribution in [1.82, 2.24) is 14.6 Å². The number of sulfonamides is 1. The van der Waals surface area contributed by atoms with E-state index >= 15 is 0 Å². The third-order valence-electron chi connectivity index (χ3n) is 3.95. The molecule has 0 spiro atoms. The summed E-state index contributed by atoms with van der Waals surface area (Å²) < 4.78 is 32.2. The fraction of sp³-hybridized carbons (Fsp3) is 0.375. The largest absolute Gasteiger partial charge is 0.379 e. The number of morpholine rings is 1. The van der Waals surface area contributed by atoms with Gasteiger partial charge < -0.3 is 10.1 Å². The third-order valence-corrected chi connectivity index (χ3v) is 7.45. The maximum atomic E-state index is 12.9. The predicted octanol–water partition coefficient (Wildman–Crippen LogP) is 2.71. The molecule has 146 valence electrons. The van der Waals surface area contributed by atoms with Crippen LogP contribution in [0, 0.1) is 6.92 Å². The number of aryl methyl sites for hydroxylation is 1. The van der Waals surface area contributed by atoms with Gasteiger partial charge in [-0.05, 0) is 19.1 Å². The molecule has 1 fully saturated rings. The van der Waals surface area contributed by atoms with Crippen molar-refractivity contribution in [3.8, 4) is 0 Å². The molecule has 1 N–H and O–H groups in total. The van der Waals surface area contributed by atoms with Gasteiger partial charge in [0.05, 0.1) is 46.1 Å². The van der Waals surface area contributed by atoms with Crippen LogP contribution in [0.5, 0.6) is 0 Å². The average molecular weight is 450 g/mol. The molecule has 0 unspecified atom stereocenters. The fourth-order valence-electron chi connectivity index (χ4n) is 2.58. The zero-order valence-electron chi connectivity index (χ0n) is 14.4.